The van der Waals surface area contributed by atoms with Crippen molar-refractivity contribution in [1.82, 2.24) is 0 Å². The third-order valence-electron chi connectivity index (χ3n) is 3.79. The second-order valence-electron chi connectivity index (χ2n) is 5.45. The fourth-order valence-corrected chi connectivity index (χ4v) is 6.08. The normalized spacial score (nSPS) is 17.9. The van der Waals surface area contributed by atoms with E-state index in [1.165, 1.54) is 24.3 Å². The van der Waals surface area contributed by atoms with Crippen LogP contribution in [0.4, 0.5) is 0 Å². The molecule has 1 aromatic rings. The summed E-state index contributed by atoms with van der Waals surface area (Å²) in [5.74, 6) is 0. The molecule has 0 aliphatic rings. The molecule has 4 atom stereocenters. The largest absolute Gasteiger partial charge is 0.285 e. The summed E-state index contributed by atoms with van der Waals surface area (Å²) in [5.41, 5.74) is 0.189. The first-order valence-electron chi connectivity index (χ1n) is 7.32. The van der Waals surface area contributed by atoms with Gasteiger partial charge in [-0.2, -0.15) is 42.1 Å². The molecule has 0 saturated heterocycles. The molecule has 4 unspecified atom stereocenters. The fourth-order valence-electron chi connectivity index (χ4n) is 2.59. The Balaban J connectivity index is 3.69. The van der Waals surface area contributed by atoms with Gasteiger partial charge in [-0.05, 0) is 24.0 Å². The Hall–Kier alpha value is -0.260. The second-order valence-corrected chi connectivity index (χ2v) is 9.85. The molecule has 0 bridgehead atoms. The van der Waals surface area contributed by atoms with Crippen LogP contribution in [0.1, 0.15) is 48.3 Å². The van der Waals surface area contributed by atoms with E-state index in [-0.39, 0.29) is 11.1 Å². The summed E-state index contributed by atoms with van der Waals surface area (Å²) in [7, 11) is -9.08. The topological polar surface area (TPSA) is 109 Å². The molecule has 0 amide bonds. The van der Waals surface area contributed by atoms with E-state index in [4.69, 9.17) is 0 Å². The van der Waals surface area contributed by atoms with E-state index in [1.54, 1.807) is 13.8 Å². The van der Waals surface area contributed by atoms with Crippen LogP contribution in [-0.2, 0) is 20.2 Å². The Morgan fingerprint density at radius 3 is 1.33 bits per heavy atom. The molecule has 0 spiro atoms. The molecule has 24 heavy (non-hydrogen) atoms. The van der Waals surface area contributed by atoms with E-state index < -0.39 is 41.2 Å². The molecule has 10 heteroatoms. The van der Waals surface area contributed by atoms with Crippen molar-refractivity contribution in [3.63, 3.8) is 0 Å². The van der Waals surface area contributed by atoms with Crippen LogP contribution in [0.3, 0.4) is 0 Å². The van der Waals surface area contributed by atoms with Crippen LogP contribution in [0.25, 0.3) is 0 Å². The Labute approximate surface area is 154 Å². The summed E-state index contributed by atoms with van der Waals surface area (Å²) in [5, 5.41) is -4.32. The highest BCUT2D eigenvalue weighted by Gasteiger charge is 2.38. The average molecular weight is 415 g/mol. The summed E-state index contributed by atoms with van der Waals surface area (Å²) >= 11 is 8.45. The summed E-state index contributed by atoms with van der Waals surface area (Å²) in [4.78, 5) is 0. The lowest BCUT2D eigenvalue weighted by Gasteiger charge is -2.27. The SMILES string of the molecule is CCC(S)C(c1ccccc1C(C(S)CC)S(=O)(=O)O)S(=O)(=O)O. The molecule has 1 rings (SSSR count). The molecule has 6 nitrogen and oxygen atoms in total. The van der Waals surface area contributed by atoms with Crippen LogP contribution in [0.2, 0.25) is 0 Å². The van der Waals surface area contributed by atoms with Crippen LogP contribution < -0.4 is 0 Å². The molecule has 0 fully saturated rings. The predicted molar refractivity (Wildman–Crippen MR) is 101 cm³/mol. The number of hydrogen-bond acceptors (Lipinski definition) is 6. The Morgan fingerprint density at radius 1 is 0.833 bits per heavy atom. The van der Waals surface area contributed by atoms with Crippen molar-refractivity contribution in [2.45, 2.75) is 47.7 Å². The first-order chi connectivity index (χ1) is 10.9. The van der Waals surface area contributed by atoms with Crippen LogP contribution in [-0.4, -0.2) is 36.4 Å². The van der Waals surface area contributed by atoms with Crippen molar-refractivity contribution in [3.8, 4) is 0 Å². The highest BCUT2D eigenvalue weighted by Crippen LogP contribution is 2.39. The monoisotopic (exact) mass is 414 g/mol. The maximum Gasteiger partial charge on any atom is 0.273 e. The highest BCUT2D eigenvalue weighted by atomic mass is 32.2. The average Bonchev–Trinajstić information content (AvgIpc) is 2.46. The van der Waals surface area contributed by atoms with E-state index in [0.717, 1.165) is 0 Å². The Kier molecular flexibility index (Phi) is 7.64. The first-order valence-corrected chi connectivity index (χ1v) is 11.4. The molecule has 0 aliphatic carbocycles. The molecule has 1 aromatic carbocycles. The predicted octanol–water partition coefficient (Wildman–Crippen LogP) is 2.96. The van der Waals surface area contributed by atoms with Gasteiger partial charge < -0.3 is 0 Å². The lowest BCUT2D eigenvalue weighted by atomic mass is 9.96. The minimum absolute atomic E-state index is 0.0944. The third-order valence-corrected chi connectivity index (χ3v) is 7.96. The molecule has 0 aromatic heterocycles. The van der Waals surface area contributed by atoms with Gasteiger partial charge in [0.1, 0.15) is 10.5 Å². The van der Waals surface area contributed by atoms with E-state index in [9.17, 15) is 25.9 Å². The standard InChI is InChI=1S/C14H22O6S4/c1-3-11(21)13(23(15,16)17)9-7-5-6-8-10(9)14(12(22)4-2)24(18,19)20/h5-8,11-14,21-22H,3-4H2,1-2H3,(H,15,16,17)(H,18,19,20). The molecule has 0 heterocycles. The molecule has 0 radical (unpaired) electrons. The van der Waals surface area contributed by atoms with Gasteiger partial charge in [-0.1, -0.05) is 38.1 Å². The van der Waals surface area contributed by atoms with Crippen molar-refractivity contribution in [3.05, 3.63) is 35.4 Å². The third kappa shape index (κ3) is 5.12. The van der Waals surface area contributed by atoms with Gasteiger partial charge in [-0.15, -0.1) is 0 Å². The summed E-state index contributed by atoms with van der Waals surface area (Å²) in [6.07, 6.45) is 0.660. The maximum absolute atomic E-state index is 11.9. The van der Waals surface area contributed by atoms with Crippen molar-refractivity contribution in [2.75, 3.05) is 0 Å². The van der Waals surface area contributed by atoms with Gasteiger partial charge in [0.25, 0.3) is 20.2 Å². The zero-order valence-electron chi connectivity index (χ0n) is 13.3. The smallest absolute Gasteiger partial charge is 0.273 e. The number of benzene rings is 1. The van der Waals surface area contributed by atoms with Crippen LogP contribution in [0, 0.1) is 0 Å². The van der Waals surface area contributed by atoms with Gasteiger partial charge >= 0.3 is 0 Å². The van der Waals surface area contributed by atoms with E-state index in [2.05, 4.69) is 25.3 Å². The van der Waals surface area contributed by atoms with Crippen molar-refractivity contribution in [2.24, 2.45) is 0 Å². The summed E-state index contributed by atoms with van der Waals surface area (Å²) in [6, 6.07) is 5.91. The molecule has 138 valence electrons. The van der Waals surface area contributed by atoms with Gasteiger partial charge in [-0.3, -0.25) is 9.11 Å². The van der Waals surface area contributed by atoms with Gasteiger partial charge in [-0.25, -0.2) is 0 Å². The van der Waals surface area contributed by atoms with E-state index >= 15 is 0 Å². The minimum Gasteiger partial charge on any atom is -0.285 e. The van der Waals surface area contributed by atoms with Gasteiger partial charge in [0.05, 0.1) is 0 Å². The highest BCUT2D eigenvalue weighted by molar-refractivity contribution is 7.88. The van der Waals surface area contributed by atoms with Gasteiger partial charge in [0, 0.05) is 10.5 Å². The zero-order valence-corrected chi connectivity index (χ0v) is 16.7. The van der Waals surface area contributed by atoms with Crippen molar-refractivity contribution in [1.29, 1.82) is 0 Å². The molecular weight excluding hydrogens is 392 g/mol. The van der Waals surface area contributed by atoms with Crippen LogP contribution >= 0.6 is 25.3 Å². The van der Waals surface area contributed by atoms with Crippen molar-refractivity contribution < 1.29 is 25.9 Å². The lowest BCUT2D eigenvalue weighted by molar-refractivity contribution is 0.457. The van der Waals surface area contributed by atoms with E-state index in [1.807, 2.05) is 0 Å². The molecule has 0 aliphatic heterocycles. The maximum atomic E-state index is 11.9. The van der Waals surface area contributed by atoms with Crippen LogP contribution in [0.15, 0.2) is 24.3 Å². The second kappa shape index (κ2) is 8.41. The van der Waals surface area contributed by atoms with Crippen molar-refractivity contribution >= 4 is 45.5 Å². The number of rotatable bonds is 8. The summed E-state index contributed by atoms with van der Waals surface area (Å²) in [6.45, 7) is 3.40. The summed E-state index contributed by atoms with van der Waals surface area (Å²) < 4.78 is 66.7. The Bertz CT molecular complexity index is 694. The Morgan fingerprint density at radius 2 is 1.12 bits per heavy atom. The van der Waals surface area contributed by atoms with Crippen LogP contribution in [0.5, 0.6) is 0 Å². The fraction of sp³-hybridized carbons (Fsp3) is 0.571. The molecule has 0 saturated carbocycles. The van der Waals surface area contributed by atoms with E-state index in [0.29, 0.717) is 12.8 Å². The minimum atomic E-state index is -4.54. The zero-order chi connectivity index (χ0) is 18.7. The van der Waals surface area contributed by atoms with Gasteiger partial charge in [0.2, 0.25) is 0 Å². The first kappa shape index (κ1) is 21.8. The number of hydrogen-bond donors (Lipinski definition) is 4. The lowest BCUT2D eigenvalue weighted by Crippen LogP contribution is -2.28. The van der Waals surface area contributed by atoms with Gasteiger partial charge in [0.15, 0.2) is 0 Å². The molecular formula is C14H22O6S4. The molecule has 2 N–H and O–H groups in total. The number of thiol groups is 2. The quantitative estimate of drug-likeness (QED) is 0.385.